The van der Waals surface area contributed by atoms with Gasteiger partial charge >= 0.3 is 0 Å². The monoisotopic (exact) mass is 367 g/mol. The number of carbonyl (C=O) groups is 1. The summed E-state index contributed by atoms with van der Waals surface area (Å²) in [7, 11) is 0. The molecule has 2 fully saturated rings. The zero-order valence-corrected chi connectivity index (χ0v) is 15.6. The van der Waals surface area contributed by atoms with E-state index in [9.17, 15) is 9.18 Å². The summed E-state index contributed by atoms with van der Waals surface area (Å²) in [6.07, 6.45) is 4.58. The Morgan fingerprint density at radius 2 is 1.81 bits per heavy atom. The average Bonchev–Trinajstić information content (AvgIpc) is 2.67. The predicted octanol–water partition coefficient (Wildman–Crippen LogP) is 4.46. The first-order chi connectivity index (χ1) is 13.2. The van der Waals surface area contributed by atoms with Crippen LogP contribution in [-0.4, -0.2) is 30.0 Å². The van der Waals surface area contributed by atoms with Crippen LogP contribution in [0.25, 0.3) is 0 Å². The lowest BCUT2D eigenvalue weighted by Crippen LogP contribution is -2.53. The summed E-state index contributed by atoms with van der Waals surface area (Å²) in [5, 5.41) is 0. The molecule has 0 spiro atoms. The van der Waals surface area contributed by atoms with Crippen LogP contribution in [0.3, 0.4) is 0 Å². The normalized spacial score (nSPS) is 19.5. The predicted molar refractivity (Wildman–Crippen MR) is 103 cm³/mol. The van der Waals surface area contributed by atoms with Crippen LogP contribution < -0.4 is 0 Å². The highest BCUT2D eigenvalue weighted by molar-refractivity contribution is 5.89. The molecule has 0 unspecified atom stereocenters. The molecular weight excluding hydrogens is 341 g/mol. The number of amides is 1. The van der Waals surface area contributed by atoms with Crippen molar-refractivity contribution < 1.29 is 13.9 Å². The number of hydrogen-bond donors (Lipinski definition) is 0. The van der Waals surface area contributed by atoms with Gasteiger partial charge in [-0.25, -0.2) is 4.39 Å². The summed E-state index contributed by atoms with van der Waals surface area (Å²) >= 11 is 0. The molecule has 0 bridgehead atoms. The van der Waals surface area contributed by atoms with Gasteiger partial charge in [0.05, 0.1) is 18.1 Å². The highest BCUT2D eigenvalue weighted by atomic mass is 19.1. The number of ether oxygens (including phenoxy) is 1. The summed E-state index contributed by atoms with van der Waals surface area (Å²) in [4.78, 5) is 15.2. The maximum atomic E-state index is 13.7. The number of carbonyl (C=O) groups excluding carboxylic acids is 1. The Bertz CT molecular complexity index is 780. The zero-order chi connectivity index (χ0) is 18.7. The first-order valence-corrected chi connectivity index (χ1v) is 9.88. The maximum Gasteiger partial charge on any atom is 0.233 e. The fourth-order valence-electron chi connectivity index (χ4n) is 4.26. The van der Waals surface area contributed by atoms with Crippen LogP contribution >= 0.6 is 0 Å². The highest BCUT2D eigenvalue weighted by Gasteiger charge is 2.48. The smallest absolute Gasteiger partial charge is 0.233 e. The molecule has 1 amide bonds. The van der Waals surface area contributed by atoms with Crippen molar-refractivity contribution in [3.8, 4) is 0 Å². The Morgan fingerprint density at radius 3 is 2.44 bits per heavy atom. The van der Waals surface area contributed by atoms with E-state index < -0.39 is 5.41 Å². The molecule has 4 rings (SSSR count). The van der Waals surface area contributed by atoms with Crippen molar-refractivity contribution >= 4 is 5.91 Å². The molecule has 0 radical (unpaired) electrons. The number of hydrogen-bond acceptors (Lipinski definition) is 2. The van der Waals surface area contributed by atoms with Crippen LogP contribution in [0.15, 0.2) is 54.6 Å². The van der Waals surface area contributed by atoms with E-state index >= 15 is 0 Å². The first-order valence-electron chi connectivity index (χ1n) is 9.88. The molecule has 2 aromatic rings. The van der Waals surface area contributed by atoms with E-state index in [0.717, 1.165) is 50.8 Å². The van der Waals surface area contributed by atoms with Gasteiger partial charge in [0.15, 0.2) is 0 Å². The molecule has 1 heterocycles. The van der Waals surface area contributed by atoms with Crippen molar-refractivity contribution in [3.63, 3.8) is 0 Å². The number of likely N-dealkylation sites (tertiary alicyclic amines) is 1. The van der Waals surface area contributed by atoms with Crippen LogP contribution in [0.2, 0.25) is 0 Å². The summed E-state index contributed by atoms with van der Waals surface area (Å²) in [6.45, 7) is 2.05. The highest BCUT2D eigenvalue weighted by Crippen LogP contribution is 2.45. The fraction of sp³-hybridized carbons (Fsp3) is 0.435. The molecule has 0 aromatic heterocycles. The number of nitrogens with zero attached hydrogens (tertiary/aromatic N) is 1. The maximum absolute atomic E-state index is 13.7. The molecule has 1 aliphatic carbocycles. The minimum atomic E-state index is -0.514. The number of rotatable bonds is 5. The minimum Gasteiger partial charge on any atom is -0.373 e. The van der Waals surface area contributed by atoms with Crippen molar-refractivity contribution in [1.29, 1.82) is 0 Å². The van der Waals surface area contributed by atoms with Gasteiger partial charge in [-0.2, -0.15) is 0 Å². The molecule has 2 aromatic carbocycles. The molecule has 142 valence electrons. The minimum absolute atomic E-state index is 0.167. The molecule has 2 aliphatic rings. The molecule has 4 heteroatoms. The third-order valence-corrected chi connectivity index (χ3v) is 6.05. The first kappa shape index (κ1) is 18.2. The Morgan fingerprint density at radius 1 is 1.07 bits per heavy atom. The van der Waals surface area contributed by atoms with Gasteiger partial charge in [0, 0.05) is 13.1 Å². The summed E-state index contributed by atoms with van der Waals surface area (Å²) in [5.74, 6) is -0.0968. The van der Waals surface area contributed by atoms with Crippen LogP contribution in [-0.2, 0) is 21.6 Å². The molecule has 1 saturated carbocycles. The Labute approximate surface area is 160 Å². The molecule has 27 heavy (non-hydrogen) atoms. The second-order valence-electron chi connectivity index (χ2n) is 7.73. The number of halogens is 1. The van der Waals surface area contributed by atoms with Crippen LogP contribution in [0.1, 0.15) is 43.2 Å². The zero-order valence-electron chi connectivity index (χ0n) is 15.6. The molecule has 1 aliphatic heterocycles. The van der Waals surface area contributed by atoms with Crippen LogP contribution in [0.5, 0.6) is 0 Å². The van der Waals surface area contributed by atoms with Gasteiger partial charge in [-0.3, -0.25) is 4.79 Å². The van der Waals surface area contributed by atoms with Gasteiger partial charge in [0.2, 0.25) is 5.91 Å². The van der Waals surface area contributed by atoms with Crippen molar-refractivity contribution in [3.05, 3.63) is 71.5 Å². The van der Waals surface area contributed by atoms with Gasteiger partial charge in [-0.15, -0.1) is 0 Å². The Balaban J connectivity index is 1.35. The summed E-state index contributed by atoms with van der Waals surface area (Å²) in [6, 6.07) is 16.8. The van der Waals surface area contributed by atoms with E-state index in [1.807, 2.05) is 29.2 Å². The fourth-order valence-corrected chi connectivity index (χ4v) is 4.26. The molecule has 3 nitrogen and oxygen atoms in total. The van der Waals surface area contributed by atoms with Gasteiger partial charge in [-0.05, 0) is 48.9 Å². The van der Waals surface area contributed by atoms with Crippen molar-refractivity contribution in [1.82, 2.24) is 4.90 Å². The summed E-state index contributed by atoms with van der Waals surface area (Å²) in [5.41, 5.74) is 1.50. The van der Waals surface area contributed by atoms with Crippen molar-refractivity contribution in [2.24, 2.45) is 0 Å². The lowest BCUT2D eigenvalue weighted by molar-refractivity contribution is -0.143. The quantitative estimate of drug-likeness (QED) is 0.781. The van der Waals surface area contributed by atoms with E-state index in [1.165, 1.54) is 17.7 Å². The van der Waals surface area contributed by atoms with Gasteiger partial charge < -0.3 is 9.64 Å². The molecule has 1 saturated heterocycles. The topological polar surface area (TPSA) is 29.5 Å². The Hall–Kier alpha value is -2.20. The van der Waals surface area contributed by atoms with Gasteiger partial charge in [-0.1, -0.05) is 48.9 Å². The van der Waals surface area contributed by atoms with E-state index in [0.29, 0.717) is 6.61 Å². The SMILES string of the molecule is O=C(N1CCC(OCc2ccccc2)CC1)C1(c2cccc(F)c2)CCC1. The second-order valence-corrected chi connectivity index (χ2v) is 7.73. The van der Waals surface area contributed by atoms with E-state index in [1.54, 1.807) is 6.07 Å². The van der Waals surface area contributed by atoms with Crippen LogP contribution in [0.4, 0.5) is 4.39 Å². The largest absolute Gasteiger partial charge is 0.373 e. The third kappa shape index (κ3) is 3.77. The molecule has 0 N–H and O–H groups in total. The van der Waals surface area contributed by atoms with Gasteiger partial charge in [0.1, 0.15) is 5.82 Å². The van der Waals surface area contributed by atoms with E-state index in [2.05, 4.69) is 12.1 Å². The summed E-state index contributed by atoms with van der Waals surface area (Å²) < 4.78 is 19.7. The van der Waals surface area contributed by atoms with E-state index in [4.69, 9.17) is 4.74 Å². The standard InChI is InChI=1S/C23H26FNO2/c24-20-9-4-8-19(16-20)23(12-5-13-23)22(26)25-14-10-21(11-15-25)27-17-18-6-2-1-3-7-18/h1-4,6-9,16,21H,5,10-15,17H2. The lowest BCUT2D eigenvalue weighted by atomic mass is 9.63. The molecular formula is C23H26FNO2. The van der Waals surface area contributed by atoms with Crippen LogP contribution in [0, 0.1) is 5.82 Å². The van der Waals surface area contributed by atoms with Gasteiger partial charge in [0.25, 0.3) is 0 Å². The average molecular weight is 367 g/mol. The van der Waals surface area contributed by atoms with Crippen molar-refractivity contribution in [2.75, 3.05) is 13.1 Å². The lowest BCUT2D eigenvalue weighted by Gasteiger charge is -2.45. The third-order valence-electron chi connectivity index (χ3n) is 6.05. The number of piperidine rings is 1. The van der Waals surface area contributed by atoms with E-state index in [-0.39, 0.29) is 17.8 Å². The second kappa shape index (κ2) is 7.81. The van der Waals surface area contributed by atoms with Crippen molar-refractivity contribution in [2.45, 2.75) is 50.2 Å². The Kier molecular flexibility index (Phi) is 5.26. The number of benzene rings is 2. The molecule has 0 atom stereocenters.